The van der Waals surface area contributed by atoms with Crippen molar-refractivity contribution in [3.63, 3.8) is 0 Å². The highest BCUT2D eigenvalue weighted by Crippen LogP contribution is 2.18. The molecule has 1 aliphatic rings. The van der Waals surface area contributed by atoms with Crippen molar-refractivity contribution in [3.05, 3.63) is 65.7 Å². The van der Waals surface area contributed by atoms with Crippen molar-refractivity contribution < 1.29 is 14.3 Å². The van der Waals surface area contributed by atoms with Gasteiger partial charge in [-0.25, -0.2) is 0 Å². The van der Waals surface area contributed by atoms with Gasteiger partial charge in [0, 0.05) is 25.6 Å². The van der Waals surface area contributed by atoms with Crippen molar-refractivity contribution in [3.8, 4) is 11.8 Å². The Morgan fingerprint density at radius 1 is 1.11 bits per heavy atom. The number of likely N-dealkylation sites (tertiary alicyclic amines) is 1. The molecular weight excluding hydrogens is 354 g/mol. The lowest BCUT2D eigenvalue weighted by atomic mass is 9.96. The van der Waals surface area contributed by atoms with Gasteiger partial charge in [0.2, 0.25) is 5.91 Å². The van der Waals surface area contributed by atoms with Crippen LogP contribution in [0, 0.1) is 17.2 Å². The van der Waals surface area contributed by atoms with Gasteiger partial charge in [-0.15, -0.1) is 0 Å². The zero-order valence-electron chi connectivity index (χ0n) is 15.6. The summed E-state index contributed by atoms with van der Waals surface area (Å²) in [6, 6.07) is 18.6. The fourth-order valence-electron chi connectivity index (χ4n) is 3.21. The van der Waals surface area contributed by atoms with Crippen LogP contribution in [0.2, 0.25) is 0 Å². The smallest absolute Gasteiger partial charge is 0.260 e. The molecule has 1 heterocycles. The Kier molecular flexibility index (Phi) is 6.64. The molecule has 28 heavy (non-hydrogen) atoms. The third kappa shape index (κ3) is 5.34. The van der Waals surface area contributed by atoms with Crippen LogP contribution >= 0.6 is 0 Å². The molecule has 0 spiro atoms. The summed E-state index contributed by atoms with van der Waals surface area (Å²) in [4.78, 5) is 26.4. The summed E-state index contributed by atoms with van der Waals surface area (Å²) in [5, 5.41) is 11.9. The number of nitrogens with zero attached hydrogens (tertiary/aromatic N) is 2. The number of carbonyl (C=O) groups is 2. The molecule has 0 radical (unpaired) electrons. The van der Waals surface area contributed by atoms with Crippen LogP contribution < -0.4 is 10.1 Å². The van der Waals surface area contributed by atoms with Gasteiger partial charge in [-0.05, 0) is 36.6 Å². The highest BCUT2D eigenvalue weighted by Gasteiger charge is 2.27. The fourth-order valence-corrected chi connectivity index (χ4v) is 3.21. The summed E-state index contributed by atoms with van der Waals surface area (Å²) >= 11 is 0. The van der Waals surface area contributed by atoms with Gasteiger partial charge in [0.05, 0.1) is 11.6 Å². The van der Waals surface area contributed by atoms with E-state index in [1.807, 2.05) is 36.4 Å². The van der Waals surface area contributed by atoms with E-state index in [1.165, 1.54) is 0 Å². The minimum Gasteiger partial charge on any atom is -0.484 e. The van der Waals surface area contributed by atoms with Gasteiger partial charge in [0.15, 0.2) is 6.61 Å². The van der Waals surface area contributed by atoms with Crippen molar-refractivity contribution >= 4 is 11.8 Å². The van der Waals surface area contributed by atoms with Crippen molar-refractivity contribution in [2.24, 2.45) is 5.92 Å². The zero-order chi connectivity index (χ0) is 19.8. The number of hydrogen-bond acceptors (Lipinski definition) is 4. The van der Waals surface area contributed by atoms with Crippen LogP contribution in [0.15, 0.2) is 54.6 Å². The van der Waals surface area contributed by atoms with E-state index >= 15 is 0 Å². The van der Waals surface area contributed by atoms with Crippen molar-refractivity contribution in [1.82, 2.24) is 10.2 Å². The SMILES string of the molecule is N#Cc1cccc(OCC(=O)N2CCC(C(=O)NCc3ccccc3)CC2)c1. The molecule has 144 valence electrons. The fraction of sp³-hybridized carbons (Fsp3) is 0.318. The average molecular weight is 377 g/mol. The number of carbonyl (C=O) groups excluding carboxylic acids is 2. The summed E-state index contributed by atoms with van der Waals surface area (Å²) in [7, 11) is 0. The van der Waals surface area contributed by atoms with Gasteiger partial charge in [-0.2, -0.15) is 5.26 Å². The van der Waals surface area contributed by atoms with E-state index in [-0.39, 0.29) is 24.3 Å². The minimum absolute atomic E-state index is 0.0421. The highest BCUT2D eigenvalue weighted by atomic mass is 16.5. The molecule has 2 amide bonds. The summed E-state index contributed by atoms with van der Waals surface area (Å²) in [6.45, 7) is 1.54. The van der Waals surface area contributed by atoms with Crippen molar-refractivity contribution in [2.75, 3.05) is 19.7 Å². The molecule has 0 unspecified atom stereocenters. The third-order valence-electron chi connectivity index (χ3n) is 4.85. The quantitative estimate of drug-likeness (QED) is 0.838. The molecule has 1 N–H and O–H groups in total. The minimum atomic E-state index is -0.106. The van der Waals surface area contributed by atoms with E-state index in [0.29, 0.717) is 43.8 Å². The van der Waals surface area contributed by atoms with Crippen LogP contribution in [0.1, 0.15) is 24.0 Å². The van der Waals surface area contributed by atoms with Gasteiger partial charge in [-0.1, -0.05) is 36.4 Å². The first-order valence-corrected chi connectivity index (χ1v) is 9.38. The second kappa shape index (κ2) is 9.56. The topological polar surface area (TPSA) is 82.4 Å². The van der Waals surface area contributed by atoms with Gasteiger partial charge in [-0.3, -0.25) is 9.59 Å². The first-order chi connectivity index (χ1) is 13.7. The number of ether oxygens (including phenoxy) is 1. The Morgan fingerprint density at radius 3 is 2.57 bits per heavy atom. The van der Waals surface area contributed by atoms with E-state index in [2.05, 4.69) is 5.32 Å². The van der Waals surface area contributed by atoms with Gasteiger partial charge in [0.1, 0.15) is 5.75 Å². The molecular formula is C22H23N3O3. The summed E-state index contributed by atoms with van der Waals surface area (Å²) in [6.07, 6.45) is 1.30. The third-order valence-corrected chi connectivity index (χ3v) is 4.85. The molecule has 0 aliphatic carbocycles. The second-order valence-corrected chi connectivity index (χ2v) is 6.79. The standard InChI is InChI=1S/C22H23N3O3/c23-14-18-7-4-8-20(13-18)28-16-21(26)25-11-9-19(10-12-25)22(27)24-15-17-5-2-1-3-6-17/h1-8,13,19H,9-12,15-16H2,(H,24,27). The number of benzene rings is 2. The first kappa shape index (κ1) is 19.4. The summed E-state index contributed by atoms with van der Waals surface area (Å²) in [5.74, 6) is 0.370. The molecule has 2 aromatic carbocycles. The lowest BCUT2D eigenvalue weighted by Gasteiger charge is -2.31. The van der Waals surface area contributed by atoms with Gasteiger partial charge in [0.25, 0.3) is 5.91 Å². The highest BCUT2D eigenvalue weighted by molar-refractivity contribution is 5.80. The number of nitrogens with one attached hydrogen (secondary N) is 1. The predicted molar refractivity (Wildman–Crippen MR) is 104 cm³/mol. The number of amides is 2. The summed E-state index contributed by atoms with van der Waals surface area (Å²) in [5.41, 5.74) is 1.56. The molecule has 0 aromatic heterocycles. The maximum Gasteiger partial charge on any atom is 0.260 e. The lowest BCUT2D eigenvalue weighted by molar-refractivity contribution is -0.137. The molecule has 0 saturated carbocycles. The summed E-state index contributed by atoms with van der Waals surface area (Å²) < 4.78 is 5.50. The molecule has 1 saturated heterocycles. The largest absolute Gasteiger partial charge is 0.484 e. The molecule has 0 bridgehead atoms. The Hall–Kier alpha value is -3.33. The van der Waals surface area contributed by atoms with E-state index in [4.69, 9.17) is 10.00 Å². The molecule has 1 aliphatic heterocycles. The van der Waals surface area contributed by atoms with Crippen LogP contribution in [-0.2, 0) is 16.1 Å². The van der Waals surface area contributed by atoms with Crippen molar-refractivity contribution in [1.29, 1.82) is 5.26 Å². The van der Waals surface area contributed by atoms with E-state index in [0.717, 1.165) is 5.56 Å². The number of piperidine rings is 1. The predicted octanol–water partition coefficient (Wildman–Crippen LogP) is 2.49. The van der Waals surface area contributed by atoms with Gasteiger partial charge >= 0.3 is 0 Å². The monoisotopic (exact) mass is 377 g/mol. The van der Waals surface area contributed by atoms with Crippen LogP contribution in [0.25, 0.3) is 0 Å². The van der Waals surface area contributed by atoms with E-state index in [9.17, 15) is 9.59 Å². The molecule has 6 heteroatoms. The van der Waals surface area contributed by atoms with Crippen LogP contribution in [0.4, 0.5) is 0 Å². The normalized spacial score (nSPS) is 14.2. The Balaban J connectivity index is 1.41. The van der Waals surface area contributed by atoms with Crippen molar-refractivity contribution in [2.45, 2.75) is 19.4 Å². The van der Waals surface area contributed by atoms with E-state index in [1.54, 1.807) is 29.2 Å². The zero-order valence-corrected chi connectivity index (χ0v) is 15.6. The lowest BCUT2D eigenvalue weighted by Crippen LogP contribution is -2.44. The number of rotatable bonds is 6. The van der Waals surface area contributed by atoms with E-state index < -0.39 is 0 Å². The Morgan fingerprint density at radius 2 is 1.86 bits per heavy atom. The average Bonchev–Trinajstić information content (AvgIpc) is 2.76. The van der Waals surface area contributed by atoms with Crippen LogP contribution in [0.5, 0.6) is 5.75 Å². The van der Waals surface area contributed by atoms with Crippen LogP contribution in [0.3, 0.4) is 0 Å². The van der Waals surface area contributed by atoms with Crippen LogP contribution in [-0.4, -0.2) is 36.4 Å². The second-order valence-electron chi connectivity index (χ2n) is 6.79. The first-order valence-electron chi connectivity index (χ1n) is 9.38. The Labute approximate surface area is 164 Å². The molecule has 6 nitrogen and oxygen atoms in total. The molecule has 3 rings (SSSR count). The molecule has 0 atom stereocenters. The number of hydrogen-bond donors (Lipinski definition) is 1. The molecule has 2 aromatic rings. The Bertz CT molecular complexity index is 853. The maximum atomic E-state index is 12.4. The maximum absolute atomic E-state index is 12.4. The van der Waals surface area contributed by atoms with Gasteiger partial charge < -0.3 is 15.0 Å². The molecule has 1 fully saturated rings. The number of nitriles is 1.